The Morgan fingerprint density at radius 3 is 2.50 bits per heavy atom. The van der Waals surface area contributed by atoms with Crippen molar-refractivity contribution < 1.29 is 9.15 Å². The quantitative estimate of drug-likeness (QED) is 0.786. The highest BCUT2D eigenvalue weighted by Crippen LogP contribution is 2.21. The van der Waals surface area contributed by atoms with Crippen molar-refractivity contribution in [1.82, 2.24) is 4.98 Å². The minimum atomic E-state index is 0.177. The summed E-state index contributed by atoms with van der Waals surface area (Å²) in [4.78, 5) is 4.01. The summed E-state index contributed by atoms with van der Waals surface area (Å²) in [5, 5.41) is 0. The summed E-state index contributed by atoms with van der Waals surface area (Å²) in [5.74, 6) is 0.810. The summed E-state index contributed by atoms with van der Waals surface area (Å²) in [6, 6.07) is 7.70. The van der Waals surface area contributed by atoms with Gasteiger partial charge in [0.1, 0.15) is 17.7 Å². The van der Waals surface area contributed by atoms with Crippen molar-refractivity contribution in [3.05, 3.63) is 30.5 Å². The number of methoxy groups -OCH3 is 1. The van der Waals surface area contributed by atoms with Crippen LogP contribution in [-0.2, 0) is 0 Å². The van der Waals surface area contributed by atoms with Gasteiger partial charge in [-0.2, -0.15) is 4.98 Å². The molecule has 0 atom stereocenters. The lowest BCUT2D eigenvalue weighted by Gasteiger charge is -1.99. The molecule has 1 heterocycles. The fourth-order valence-corrected chi connectivity index (χ4v) is 1.18. The largest absolute Gasteiger partial charge is 0.497 e. The Morgan fingerprint density at radius 2 is 2.00 bits per heavy atom. The van der Waals surface area contributed by atoms with E-state index < -0.39 is 0 Å². The average Bonchev–Trinajstić information content (AvgIpc) is 2.65. The van der Waals surface area contributed by atoms with Crippen LogP contribution in [0.25, 0.3) is 11.3 Å². The summed E-state index contributed by atoms with van der Waals surface area (Å²) >= 11 is 0. The van der Waals surface area contributed by atoms with E-state index in [0.29, 0.717) is 0 Å². The molecule has 0 unspecified atom stereocenters. The van der Waals surface area contributed by atoms with Crippen LogP contribution < -0.4 is 10.5 Å². The Labute approximate surface area is 81.3 Å². The van der Waals surface area contributed by atoms with Crippen molar-refractivity contribution in [2.45, 2.75) is 0 Å². The van der Waals surface area contributed by atoms with Crippen molar-refractivity contribution in [2.75, 3.05) is 12.8 Å². The summed E-state index contributed by atoms with van der Waals surface area (Å²) in [6.45, 7) is 0. The molecule has 0 aliphatic carbocycles. The van der Waals surface area contributed by atoms with Crippen LogP contribution in [0.5, 0.6) is 5.75 Å². The monoisotopic (exact) mass is 190 g/mol. The lowest BCUT2D eigenvalue weighted by Crippen LogP contribution is -1.84. The van der Waals surface area contributed by atoms with Gasteiger partial charge in [-0.3, -0.25) is 0 Å². The minimum Gasteiger partial charge on any atom is -0.497 e. The van der Waals surface area contributed by atoms with Crippen LogP contribution in [0, 0.1) is 0 Å². The number of hydrogen-bond donors (Lipinski definition) is 1. The van der Waals surface area contributed by atoms with Crippen LogP contribution in [-0.4, -0.2) is 12.1 Å². The molecule has 0 radical (unpaired) electrons. The van der Waals surface area contributed by atoms with E-state index in [1.54, 1.807) is 7.11 Å². The first-order chi connectivity index (χ1) is 6.79. The molecule has 72 valence electrons. The first-order valence-corrected chi connectivity index (χ1v) is 4.15. The Morgan fingerprint density at radius 1 is 1.29 bits per heavy atom. The van der Waals surface area contributed by atoms with Crippen molar-refractivity contribution >= 4 is 6.01 Å². The summed E-state index contributed by atoms with van der Waals surface area (Å²) in [5.41, 5.74) is 7.05. The second-order valence-electron chi connectivity index (χ2n) is 2.80. The maximum atomic E-state index is 5.37. The zero-order chi connectivity index (χ0) is 9.97. The molecule has 2 rings (SSSR count). The van der Waals surface area contributed by atoms with E-state index in [9.17, 15) is 0 Å². The van der Waals surface area contributed by atoms with Gasteiger partial charge in [0.15, 0.2) is 0 Å². The molecular formula is C10H10N2O2. The van der Waals surface area contributed by atoms with Gasteiger partial charge in [0, 0.05) is 5.56 Å². The molecule has 4 heteroatoms. The van der Waals surface area contributed by atoms with E-state index in [-0.39, 0.29) is 6.01 Å². The normalized spacial score (nSPS) is 10.1. The smallest absolute Gasteiger partial charge is 0.292 e. The molecule has 1 aromatic carbocycles. The Kier molecular flexibility index (Phi) is 2.10. The molecule has 2 N–H and O–H groups in total. The Hall–Kier alpha value is -1.97. The maximum Gasteiger partial charge on any atom is 0.292 e. The number of nitrogens with zero attached hydrogens (tertiary/aromatic N) is 1. The number of oxazole rings is 1. The van der Waals surface area contributed by atoms with E-state index in [0.717, 1.165) is 17.0 Å². The number of ether oxygens (including phenoxy) is 1. The molecule has 0 bridgehead atoms. The number of benzene rings is 1. The van der Waals surface area contributed by atoms with Crippen molar-refractivity contribution in [3.63, 3.8) is 0 Å². The highest BCUT2D eigenvalue weighted by molar-refractivity contribution is 5.59. The molecule has 14 heavy (non-hydrogen) atoms. The average molecular weight is 190 g/mol. The molecule has 0 saturated carbocycles. The maximum absolute atomic E-state index is 5.37. The predicted octanol–water partition coefficient (Wildman–Crippen LogP) is 1.93. The van der Waals surface area contributed by atoms with Crippen LogP contribution in [0.1, 0.15) is 0 Å². The van der Waals surface area contributed by atoms with Crippen molar-refractivity contribution in [2.24, 2.45) is 0 Å². The number of nitrogens with two attached hydrogens (primary N) is 1. The van der Waals surface area contributed by atoms with Gasteiger partial charge in [0.2, 0.25) is 0 Å². The molecule has 4 nitrogen and oxygen atoms in total. The molecular weight excluding hydrogens is 180 g/mol. The lowest BCUT2D eigenvalue weighted by atomic mass is 10.2. The first kappa shape index (κ1) is 8.62. The molecule has 0 aliphatic rings. The van der Waals surface area contributed by atoms with Crippen LogP contribution in [0.3, 0.4) is 0 Å². The summed E-state index contributed by atoms with van der Waals surface area (Å²) in [6.07, 6.45) is 1.52. The topological polar surface area (TPSA) is 61.3 Å². The lowest BCUT2D eigenvalue weighted by molar-refractivity contribution is 0.415. The van der Waals surface area contributed by atoms with Crippen LogP contribution in [0.4, 0.5) is 6.01 Å². The van der Waals surface area contributed by atoms with Crippen LogP contribution in [0.2, 0.25) is 0 Å². The Balaban J connectivity index is 2.33. The highest BCUT2D eigenvalue weighted by atomic mass is 16.5. The van der Waals surface area contributed by atoms with Gasteiger partial charge in [-0.1, -0.05) is 0 Å². The number of anilines is 1. The van der Waals surface area contributed by atoms with Gasteiger partial charge in [-0.05, 0) is 24.3 Å². The van der Waals surface area contributed by atoms with Gasteiger partial charge in [-0.25, -0.2) is 0 Å². The van der Waals surface area contributed by atoms with Gasteiger partial charge in [0.25, 0.3) is 6.01 Å². The zero-order valence-corrected chi connectivity index (χ0v) is 7.73. The molecule has 0 fully saturated rings. The highest BCUT2D eigenvalue weighted by Gasteiger charge is 2.03. The van der Waals surface area contributed by atoms with Gasteiger partial charge < -0.3 is 14.9 Å². The molecule has 0 spiro atoms. The van der Waals surface area contributed by atoms with Gasteiger partial charge in [0.05, 0.1) is 7.11 Å². The van der Waals surface area contributed by atoms with Crippen LogP contribution in [0.15, 0.2) is 34.9 Å². The fourth-order valence-electron chi connectivity index (χ4n) is 1.18. The standard InChI is InChI=1S/C10H10N2O2/c1-13-8-4-2-7(3-5-8)9-6-14-10(11)12-9/h2-6H,1H3,(H2,11,12). The second kappa shape index (κ2) is 3.41. The minimum absolute atomic E-state index is 0.177. The summed E-state index contributed by atoms with van der Waals surface area (Å²) in [7, 11) is 1.63. The van der Waals surface area contributed by atoms with Gasteiger partial charge >= 0.3 is 0 Å². The van der Waals surface area contributed by atoms with Gasteiger partial charge in [-0.15, -0.1) is 0 Å². The number of aromatic nitrogens is 1. The molecule has 0 amide bonds. The van der Waals surface area contributed by atoms with Crippen LogP contribution >= 0.6 is 0 Å². The third-order valence-corrected chi connectivity index (χ3v) is 1.91. The SMILES string of the molecule is COc1ccc(-c2coc(N)n2)cc1. The zero-order valence-electron chi connectivity index (χ0n) is 7.73. The van der Waals surface area contributed by atoms with E-state index in [4.69, 9.17) is 14.9 Å². The molecule has 0 aliphatic heterocycles. The van der Waals surface area contributed by atoms with Crippen molar-refractivity contribution in [1.29, 1.82) is 0 Å². The van der Waals surface area contributed by atoms with Crippen molar-refractivity contribution in [3.8, 4) is 17.0 Å². The summed E-state index contributed by atoms with van der Waals surface area (Å²) < 4.78 is 9.95. The van der Waals surface area contributed by atoms with E-state index in [1.807, 2.05) is 24.3 Å². The molecule has 2 aromatic rings. The van der Waals surface area contributed by atoms with E-state index in [1.165, 1.54) is 6.26 Å². The number of hydrogen-bond acceptors (Lipinski definition) is 4. The first-order valence-electron chi connectivity index (χ1n) is 4.15. The molecule has 0 saturated heterocycles. The third kappa shape index (κ3) is 1.54. The van der Waals surface area contributed by atoms with E-state index in [2.05, 4.69) is 4.98 Å². The Bertz CT molecular complexity index is 420. The predicted molar refractivity (Wildman–Crippen MR) is 52.9 cm³/mol. The molecule has 1 aromatic heterocycles. The third-order valence-electron chi connectivity index (χ3n) is 1.91. The van der Waals surface area contributed by atoms with E-state index >= 15 is 0 Å². The fraction of sp³-hybridized carbons (Fsp3) is 0.100. The second-order valence-corrected chi connectivity index (χ2v) is 2.80. The number of nitrogen functional groups attached to an aromatic ring is 1. The number of rotatable bonds is 2.